The van der Waals surface area contributed by atoms with Gasteiger partial charge in [0.25, 0.3) is 0 Å². The standard InChI is InChI=1S/C19H19ClFN3O2S/c1-25-17-10-13-15(11-18(17)26-8-5-9-27-2)22-12-23-19(13)24(20)16-7-4-3-6-14(16)21/h3-4,6-7,10-12H,5,8-9H2,1-2H3. The predicted octanol–water partition coefficient (Wildman–Crippen LogP) is 5.20. The predicted molar refractivity (Wildman–Crippen MR) is 109 cm³/mol. The zero-order valence-electron chi connectivity index (χ0n) is 15.0. The number of aromatic nitrogens is 2. The molecule has 1 aromatic heterocycles. The Hall–Kier alpha value is -2.25. The van der Waals surface area contributed by atoms with E-state index in [0.717, 1.165) is 12.2 Å². The number of fused-ring (bicyclic) bond motifs is 1. The molecule has 0 radical (unpaired) electrons. The van der Waals surface area contributed by atoms with Crippen LogP contribution in [0.15, 0.2) is 42.7 Å². The summed E-state index contributed by atoms with van der Waals surface area (Å²) in [4.78, 5) is 8.52. The van der Waals surface area contributed by atoms with Crippen molar-refractivity contribution in [2.75, 3.05) is 30.1 Å². The van der Waals surface area contributed by atoms with E-state index in [1.54, 1.807) is 49.2 Å². The Balaban J connectivity index is 1.99. The number of para-hydroxylation sites is 1. The van der Waals surface area contributed by atoms with Crippen molar-refractivity contribution in [3.05, 3.63) is 48.5 Å². The van der Waals surface area contributed by atoms with Crippen molar-refractivity contribution < 1.29 is 13.9 Å². The molecule has 0 aliphatic carbocycles. The number of nitrogens with zero attached hydrogens (tertiary/aromatic N) is 3. The van der Waals surface area contributed by atoms with Gasteiger partial charge in [-0.25, -0.2) is 18.8 Å². The largest absolute Gasteiger partial charge is 0.493 e. The number of rotatable bonds is 8. The Kier molecular flexibility index (Phi) is 6.58. The molecule has 8 heteroatoms. The molecule has 0 fully saturated rings. The van der Waals surface area contributed by atoms with Gasteiger partial charge in [0.1, 0.15) is 12.1 Å². The highest BCUT2D eigenvalue weighted by Crippen LogP contribution is 2.38. The van der Waals surface area contributed by atoms with E-state index in [-0.39, 0.29) is 5.69 Å². The molecule has 0 amide bonds. The Morgan fingerprint density at radius 2 is 2.00 bits per heavy atom. The molecule has 0 bridgehead atoms. The second-order valence-corrected chi connectivity index (χ2v) is 6.97. The lowest BCUT2D eigenvalue weighted by molar-refractivity contribution is 0.296. The second kappa shape index (κ2) is 9.10. The minimum Gasteiger partial charge on any atom is -0.493 e. The smallest absolute Gasteiger partial charge is 0.163 e. The molecule has 0 spiro atoms. The molecule has 142 valence electrons. The Bertz CT molecular complexity index is 929. The highest BCUT2D eigenvalue weighted by molar-refractivity contribution is 7.98. The molecule has 1 heterocycles. The number of halogens is 2. The number of benzene rings is 2. The molecular weight excluding hydrogens is 389 g/mol. The average Bonchev–Trinajstić information content (AvgIpc) is 2.70. The van der Waals surface area contributed by atoms with Crippen LogP contribution in [0.5, 0.6) is 11.5 Å². The molecule has 0 saturated carbocycles. The summed E-state index contributed by atoms with van der Waals surface area (Å²) in [6, 6.07) is 9.77. The monoisotopic (exact) mass is 407 g/mol. The lowest BCUT2D eigenvalue weighted by Crippen LogP contribution is -2.07. The Labute approximate surface area is 166 Å². The van der Waals surface area contributed by atoms with Crippen LogP contribution in [0.3, 0.4) is 0 Å². The van der Waals surface area contributed by atoms with Crippen LogP contribution in [0.2, 0.25) is 0 Å². The molecule has 0 unspecified atom stereocenters. The topological polar surface area (TPSA) is 47.5 Å². The van der Waals surface area contributed by atoms with Gasteiger partial charge in [0.15, 0.2) is 17.3 Å². The summed E-state index contributed by atoms with van der Waals surface area (Å²) in [6.45, 7) is 0.581. The first kappa shape index (κ1) is 19.5. The van der Waals surface area contributed by atoms with E-state index in [1.165, 1.54) is 16.8 Å². The Morgan fingerprint density at radius 3 is 2.74 bits per heavy atom. The quantitative estimate of drug-likeness (QED) is 0.377. The van der Waals surface area contributed by atoms with Gasteiger partial charge in [-0.05, 0) is 36.6 Å². The number of thioether (sulfide) groups is 1. The van der Waals surface area contributed by atoms with E-state index in [0.29, 0.717) is 34.8 Å². The van der Waals surface area contributed by atoms with Crippen LogP contribution in [0.4, 0.5) is 15.9 Å². The first-order valence-electron chi connectivity index (χ1n) is 8.30. The van der Waals surface area contributed by atoms with E-state index in [2.05, 4.69) is 16.2 Å². The minimum absolute atomic E-state index is 0.204. The van der Waals surface area contributed by atoms with Crippen molar-refractivity contribution in [1.29, 1.82) is 0 Å². The van der Waals surface area contributed by atoms with Crippen molar-refractivity contribution >= 4 is 45.9 Å². The third-order valence-corrected chi connectivity index (χ3v) is 4.94. The summed E-state index contributed by atoms with van der Waals surface area (Å²) in [5.74, 6) is 2.08. The van der Waals surface area contributed by atoms with E-state index in [4.69, 9.17) is 21.3 Å². The van der Waals surface area contributed by atoms with Crippen LogP contribution < -0.4 is 13.9 Å². The summed E-state index contributed by atoms with van der Waals surface area (Å²) in [6.07, 6.45) is 4.38. The Morgan fingerprint density at radius 1 is 1.19 bits per heavy atom. The normalized spacial score (nSPS) is 10.8. The number of methoxy groups -OCH3 is 1. The first-order chi connectivity index (χ1) is 13.2. The van der Waals surface area contributed by atoms with Gasteiger partial charge in [-0.1, -0.05) is 12.1 Å². The lowest BCUT2D eigenvalue weighted by Gasteiger charge is -2.18. The van der Waals surface area contributed by atoms with Gasteiger partial charge in [-0.2, -0.15) is 11.8 Å². The summed E-state index contributed by atoms with van der Waals surface area (Å²) in [5, 5.41) is 0.629. The fourth-order valence-electron chi connectivity index (χ4n) is 2.59. The van der Waals surface area contributed by atoms with E-state index < -0.39 is 5.82 Å². The van der Waals surface area contributed by atoms with E-state index in [9.17, 15) is 4.39 Å². The first-order valence-corrected chi connectivity index (χ1v) is 10.0. The van der Waals surface area contributed by atoms with Gasteiger partial charge in [0.05, 0.1) is 24.9 Å². The summed E-state index contributed by atoms with van der Waals surface area (Å²) >= 11 is 8.17. The van der Waals surface area contributed by atoms with Crippen molar-refractivity contribution in [1.82, 2.24) is 9.97 Å². The molecule has 3 aromatic rings. The zero-order chi connectivity index (χ0) is 19.2. The lowest BCUT2D eigenvalue weighted by atomic mass is 10.2. The zero-order valence-corrected chi connectivity index (χ0v) is 16.6. The molecule has 0 N–H and O–H groups in total. The fraction of sp³-hybridized carbons (Fsp3) is 0.263. The maximum Gasteiger partial charge on any atom is 0.163 e. The number of ether oxygens (including phenoxy) is 2. The van der Waals surface area contributed by atoms with Crippen LogP contribution in [0.25, 0.3) is 10.9 Å². The van der Waals surface area contributed by atoms with Gasteiger partial charge in [0.2, 0.25) is 0 Å². The van der Waals surface area contributed by atoms with Crippen molar-refractivity contribution in [3.8, 4) is 11.5 Å². The maximum absolute atomic E-state index is 14.1. The maximum atomic E-state index is 14.1. The van der Waals surface area contributed by atoms with Crippen LogP contribution in [-0.4, -0.2) is 35.7 Å². The van der Waals surface area contributed by atoms with Crippen LogP contribution in [0.1, 0.15) is 6.42 Å². The molecular formula is C19H19ClFN3O2S. The number of hydrogen-bond acceptors (Lipinski definition) is 6. The summed E-state index contributed by atoms with van der Waals surface area (Å²) < 4.78 is 26.6. The molecule has 0 saturated heterocycles. The van der Waals surface area contributed by atoms with Crippen LogP contribution >= 0.6 is 23.5 Å². The summed E-state index contributed by atoms with van der Waals surface area (Å²) in [7, 11) is 1.56. The van der Waals surface area contributed by atoms with E-state index in [1.807, 2.05) is 0 Å². The third kappa shape index (κ3) is 4.36. The van der Waals surface area contributed by atoms with Gasteiger partial charge in [-0.15, -0.1) is 0 Å². The fourth-order valence-corrected chi connectivity index (χ4v) is 3.27. The molecule has 0 aliphatic rings. The molecule has 3 rings (SSSR count). The van der Waals surface area contributed by atoms with Crippen molar-refractivity contribution in [2.24, 2.45) is 0 Å². The molecule has 2 aromatic carbocycles. The number of anilines is 2. The summed E-state index contributed by atoms with van der Waals surface area (Å²) in [5.41, 5.74) is 0.832. The van der Waals surface area contributed by atoms with Crippen LogP contribution in [0, 0.1) is 5.82 Å². The average molecular weight is 408 g/mol. The van der Waals surface area contributed by atoms with Gasteiger partial charge >= 0.3 is 0 Å². The number of hydrogen-bond donors (Lipinski definition) is 0. The highest BCUT2D eigenvalue weighted by atomic mass is 35.5. The molecule has 5 nitrogen and oxygen atoms in total. The highest BCUT2D eigenvalue weighted by Gasteiger charge is 2.18. The van der Waals surface area contributed by atoms with Gasteiger partial charge in [0, 0.05) is 23.2 Å². The van der Waals surface area contributed by atoms with Crippen molar-refractivity contribution in [2.45, 2.75) is 6.42 Å². The molecule has 27 heavy (non-hydrogen) atoms. The van der Waals surface area contributed by atoms with E-state index >= 15 is 0 Å². The molecule has 0 atom stereocenters. The molecule has 0 aliphatic heterocycles. The minimum atomic E-state index is -0.444. The van der Waals surface area contributed by atoms with Gasteiger partial charge < -0.3 is 9.47 Å². The second-order valence-electron chi connectivity index (χ2n) is 5.64. The van der Waals surface area contributed by atoms with Crippen molar-refractivity contribution in [3.63, 3.8) is 0 Å². The van der Waals surface area contributed by atoms with Gasteiger partial charge in [-0.3, -0.25) is 0 Å². The van der Waals surface area contributed by atoms with Crippen LogP contribution in [-0.2, 0) is 0 Å². The SMILES string of the molecule is COc1cc2c(N(Cl)c3ccccc3F)ncnc2cc1OCCCSC. The third-order valence-electron chi connectivity index (χ3n) is 3.90.